The van der Waals surface area contributed by atoms with Crippen LogP contribution < -0.4 is 11.0 Å². The molecular formula is C15H16BrN3O2. The maximum absolute atomic E-state index is 11.4. The predicted molar refractivity (Wildman–Crippen MR) is 85.5 cm³/mol. The van der Waals surface area contributed by atoms with E-state index in [-0.39, 0.29) is 11.7 Å². The van der Waals surface area contributed by atoms with Gasteiger partial charge in [0.1, 0.15) is 0 Å². The Labute approximate surface area is 129 Å². The zero-order valence-corrected chi connectivity index (χ0v) is 13.2. The summed E-state index contributed by atoms with van der Waals surface area (Å²) in [6, 6.07) is 7.87. The highest BCUT2D eigenvalue weighted by molar-refractivity contribution is 9.10. The number of furan rings is 1. The summed E-state index contributed by atoms with van der Waals surface area (Å²) in [5.41, 5.74) is 3.54. The fourth-order valence-electron chi connectivity index (χ4n) is 2.44. The van der Waals surface area contributed by atoms with Gasteiger partial charge in [-0.15, -0.1) is 0 Å². The molecule has 3 aromatic rings. The summed E-state index contributed by atoms with van der Waals surface area (Å²) in [5, 5.41) is 3.51. The topological polar surface area (TPSA) is 73.8 Å². The monoisotopic (exact) mass is 349 g/mol. The van der Waals surface area contributed by atoms with Crippen LogP contribution in [0.2, 0.25) is 0 Å². The van der Waals surface area contributed by atoms with Gasteiger partial charge in [-0.1, -0.05) is 13.0 Å². The van der Waals surface area contributed by atoms with Crippen molar-refractivity contribution in [2.24, 2.45) is 0 Å². The lowest BCUT2D eigenvalue weighted by Crippen LogP contribution is -2.23. The molecule has 0 saturated heterocycles. The lowest BCUT2D eigenvalue weighted by atomic mass is 10.0. The second-order valence-electron chi connectivity index (χ2n) is 4.92. The van der Waals surface area contributed by atoms with Crippen molar-refractivity contribution in [1.29, 1.82) is 0 Å². The molecule has 3 N–H and O–H groups in total. The van der Waals surface area contributed by atoms with E-state index < -0.39 is 0 Å². The van der Waals surface area contributed by atoms with E-state index in [1.165, 1.54) is 0 Å². The van der Waals surface area contributed by atoms with Crippen LogP contribution in [0, 0.1) is 0 Å². The molecule has 1 atom stereocenters. The molecule has 0 amide bonds. The molecule has 6 heteroatoms. The van der Waals surface area contributed by atoms with Crippen LogP contribution in [-0.4, -0.2) is 16.5 Å². The smallest absolute Gasteiger partial charge is 0.323 e. The van der Waals surface area contributed by atoms with Crippen LogP contribution in [-0.2, 0) is 0 Å². The summed E-state index contributed by atoms with van der Waals surface area (Å²) >= 11 is 3.44. The molecule has 0 aliphatic rings. The van der Waals surface area contributed by atoms with Gasteiger partial charge in [-0.05, 0) is 52.7 Å². The molecule has 0 spiro atoms. The Morgan fingerprint density at radius 1 is 1.29 bits per heavy atom. The van der Waals surface area contributed by atoms with Gasteiger partial charge in [0.25, 0.3) is 0 Å². The minimum atomic E-state index is -0.190. The predicted octanol–water partition coefficient (Wildman–Crippen LogP) is 3.30. The second kappa shape index (κ2) is 5.91. The number of rotatable bonds is 5. The number of benzene rings is 1. The number of aromatic nitrogens is 2. The first kappa shape index (κ1) is 14.2. The van der Waals surface area contributed by atoms with E-state index in [4.69, 9.17) is 4.42 Å². The SMILES string of the molecule is CCCNC(c1ccc2[nH]c(=O)[nH]c2c1)c1ccoc1Br. The van der Waals surface area contributed by atoms with E-state index >= 15 is 0 Å². The highest BCUT2D eigenvalue weighted by Gasteiger charge is 2.18. The third-order valence-corrected chi connectivity index (χ3v) is 4.07. The Balaban J connectivity index is 2.04. The van der Waals surface area contributed by atoms with Gasteiger partial charge in [-0.25, -0.2) is 4.79 Å². The van der Waals surface area contributed by atoms with Gasteiger partial charge in [0.05, 0.1) is 23.3 Å². The van der Waals surface area contributed by atoms with E-state index in [1.54, 1.807) is 6.26 Å². The highest BCUT2D eigenvalue weighted by Crippen LogP contribution is 2.30. The lowest BCUT2D eigenvalue weighted by Gasteiger charge is -2.18. The quantitative estimate of drug-likeness (QED) is 0.661. The van der Waals surface area contributed by atoms with Crippen molar-refractivity contribution in [2.45, 2.75) is 19.4 Å². The maximum Gasteiger partial charge on any atom is 0.323 e. The van der Waals surface area contributed by atoms with Crippen molar-refractivity contribution < 1.29 is 4.42 Å². The van der Waals surface area contributed by atoms with Crippen LogP contribution in [0.4, 0.5) is 0 Å². The Bertz CT molecular complexity index is 802. The molecule has 0 aliphatic carbocycles. The molecule has 0 radical (unpaired) electrons. The molecule has 110 valence electrons. The molecule has 21 heavy (non-hydrogen) atoms. The van der Waals surface area contributed by atoms with E-state index in [0.29, 0.717) is 0 Å². The van der Waals surface area contributed by atoms with Crippen LogP contribution in [0.25, 0.3) is 11.0 Å². The molecule has 1 unspecified atom stereocenters. The summed E-state index contributed by atoms with van der Waals surface area (Å²) in [6.45, 7) is 3.02. The van der Waals surface area contributed by atoms with Crippen LogP contribution in [0.3, 0.4) is 0 Å². The van der Waals surface area contributed by atoms with E-state index in [9.17, 15) is 4.79 Å². The van der Waals surface area contributed by atoms with Crippen molar-refractivity contribution in [3.05, 3.63) is 56.8 Å². The zero-order chi connectivity index (χ0) is 14.8. The minimum Gasteiger partial charge on any atom is -0.457 e. The van der Waals surface area contributed by atoms with Crippen LogP contribution >= 0.6 is 15.9 Å². The molecule has 0 aliphatic heterocycles. The molecule has 3 rings (SSSR count). The number of aromatic amines is 2. The van der Waals surface area contributed by atoms with E-state index in [2.05, 4.69) is 38.1 Å². The summed E-state index contributed by atoms with van der Waals surface area (Å²) in [5.74, 6) is 0. The van der Waals surface area contributed by atoms with Crippen molar-refractivity contribution in [1.82, 2.24) is 15.3 Å². The number of H-pyrrole nitrogens is 2. The minimum absolute atomic E-state index is 0.0147. The number of nitrogens with one attached hydrogen (secondary N) is 3. The van der Waals surface area contributed by atoms with Crippen LogP contribution in [0.5, 0.6) is 0 Å². The van der Waals surface area contributed by atoms with Gasteiger partial charge in [0, 0.05) is 5.56 Å². The Morgan fingerprint density at radius 2 is 2.10 bits per heavy atom. The summed E-state index contributed by atoms with van der Waals surface area (Å²) < 4.78 is 6.07. The summed E-state index contributed by atoms with van der Waals surface area (Å²) in [6.07, 6.45) is 2.70. The second-order valence-corrected chi connectivity index (χ2v) is 5.64. The molecule has 0 fully saturated rings. The largest absolute Gasteiger partial charge is 0.457 e. The van der Waals surface area contributed by atoms with Gasteiger partial charge in [0.2, 0.25) is 0 Å². The van der Waals surface area contributed by atoms with Crippen molar-refractivity contribution >= 4 is 27.0 Å². The summed E-state index contributed by atoms with van der Waals surface area (Å²) in [4.78, 5) is 16.9. The fraction of sp³-hybridized carbons (Fsp3) is 0.267. The van der Waals surface area contributed by atoms with E-state index in [1.807, 2.05) is 24.3 Å². The van der Waals surface area contributed by atoms with Crippen molar-refractivity contribution in [3.63, 3.8) is 0 Å². The van der Waals surface area contributed by atoms with Gasteiger partial charge in [0.15, 0.2) is 4.67 Å². The third-order valence-electron chi connectivity index (χ3n) is 3.43. The fourth-order valence-corrected chi connectivity index (χ4v) is 2.91. The standard InChI is InChI=1S/C15H16BrN3O2/c1-2-6-17-13(10-5-7-21-14(10)16)9-3-4-11-12(8-9)19-15(20)18-11/h3-5,7-8,13,17H,2,6H2,1H3,(H2,18,19,20). The van der Waals surface area contributed by atoms with Gasteiger partial charge in [-0.3, -0.25) is 0 Å². The molecule has 5 nitrogen and oxygen atoms in total. The van der Waals surface area contributed by atoms with Crippen LogP contribution in [0.15, 0.2) is 44.4 Å². The van der Waals surface area contributed by atoms with Gasteiger partial charge in [-0.2, -0.15) is 0 Å². The first-order chi connectivity index (χ1) is 10.2. The van der Waals surface area contributed by atoms with Crippen LogP contribution in [0.1, 0.15) is 30.5 Å². The lowest BCUT2D eigenvalue weighted by molar-refractivity contribution is 0.523. The molecular weight excluding hydrogens is 334 g/mol. The highest BCUT2D eigenvalue weighted by atomic mass is 79.9. The number of hydrogen-bond donors (Lipinski definition) is 3. The number of imidazole rings is 1. The average molecular weight is 350 g/mol. The van der Waals surface area contributed by atoms with Crippen molar-refractivity contribution in [3.8, 4) is 0 Å². The van der Waals surface area contributed by atoms with Gasteiger partial charge < -0.3 is 19.7 Å². The van der Waals surface area contributed by atoms with Crippen molar-refractivity contribution in [2.75, 3.05) is 6.54 Å². The number of fused-ring (bicyclic) bond motifs is 1. The maximum atomic E-state index is 11.4. The zero-order valence-electron chi connectivity index (χ0n) is 11.6. The number of hydrogen-bond acceptors (Lipinski definition) is 3. The third kappa shape index (κ3) is 2.82. The van der Waals surface area contributed by atoms with Gasteiger partial charge >= 0.3 is 5.69 Å². The summed E-state index contributed by atoms with van der Waals surface area (Å²) in [7, 11) is 0. The Hall–Kier alpha value is -1.79. The molecule has 1 aromatic carbocycles. The first-order valence-corrected chi connectivity index (χ1v) is 7.66. The Kier molecular flexibility index (Phi) is 3.98. The molecule has 2 aromatic heterocycles. The molecule has 2 heterocycles. The normalized spacial score (nSPS) is 12.9. The number of halogens is 1. The first-order valence-electron chi connectivity index (χ1n) is 6.87. The molecule has 0 saturated carbocycles. The molecule has 0 bridgehead atoms. The Morgan fingerprint density at radius 3 is 2.81 bits per heavy atom. The van der Waals surface area contributed by atoms with E-state index in [0.717, 1.165) is 39.8 Å². The average Bonchev–Trinajstić information content (AvgIpc) is 3.04.